The van der Waals surface area contributed by atoms with Crippen LogP contribution in [0.2, 0.25) is 0 Å². The number of hydrogen-bond acceptors (Lipinski definition) is 4. The van der Waals surface area contributed by atoms with Gasteiger partial charge >= 0.3 is 6.09 Å². The molecule has 1 aromatic rings. The van der Waals surface area contributed by atoms with Gasteiger partial charge < -0.3 is 10.1 Å². The van der Waals surface area contributed by atoms with Crippen LogP contribution in [-0.2, 0) is 4.74 Å². The second-order valence-corrected chi connectivity index (χ2v) is 6.83. The van der Waals surface area contributed by atoms with Crippen LogP contribution in [0.5, 0.6) is 0 Å². The predicted molar refractivity (Wildman–Crippen MR) is 82.4 cm³/mol. The number of ether oxygens (including phenoxy) is 1. The third-order valence-corrected chi connectivity index (χ3v) is 3.26. The summed E-state index contributed by atoms with van der Waals surface area (Å²) in [6, 6.07) is 7.35. The number of nitrogens with one attached hydrogen (secondary N) is 1. The molecule has 0 unspecified atom stereocenters. The first-order valence-electron chi connectivity index (χ1n) is 6.95. The molecule has 2 rings (SSSR count). The van der Waals surface area contributed by atoms with Crippen LogP contribution in [0.4, 0.5) is 16.2 Å². The maximum absolute atomic E-state index is 12.6. The fourth-order valence-electron chi connectivity index (χ4n) is 2.31. The highest BCUT2D eigenvalue weighted by Gasteiger charge is 2.39. The highest BCUT2D eigenvalue weighted by atomic mass is 16.6. The minimum atomic E-state index is -0.551. The Bertz CT molecular complexity index is 609. The molecule has 21 heavy (non-hydrogen) atoms. The summed E-state index contributed by atoms with van der Waals surface area (Å²) in [5.41, 5.74) is 1.11. The number of nitrogens with zero attached hydrogens (tertiary/aromatic N) is 2. The number of carbonyl (C=O) groups excluding carboxylic acids is 1. The summed E-state index contributed by atoms with van der Waals surface area (Å²) in [6.45, 7) is 10.1. The second-order valence-electron chi connectivity index (χ2n) is 6.83. The Hall–Kier alpha value is -2.22. The topological polar surface area (TPSA) is 65.4 Å². The van der Waals surface area contributed by atoms with E-state index in [2.05, 4.69) is 11.4 Å². The van der Waals surface area contributed by atoms with E-state index in [1.54, 1.807) is 23.1 Å². The van der Waals surface area contributed by atoms with Gasteiger partial charge in [0.1, 0.15) is 5.60 Å². The Morgan fingerprint density at radius 2 is 2.10 bits per heavy atom. The molecule has 0 saturated heterocycles. The minimum absolute atomic E-state index is 0.375. The van der Waals surface area contributed by atoms with E-state index < -0.39 is 11.1 Å². The van der Waals surface area contributed by atoms with E-state index in [1.165, 1.54) is 0 Å². The fourth-order valence-corrected chi connectivity index (χ4v) is 2.31. The smallest absolute Gasteiger partial charge is 0.415 e. The number of anilines is 2. The molecule has 1 aliphatic rings. The molecule has 1 aromatic carbocycles. The number of benzene rings is 1. The van der Waals surface area contributed by atoms with Crippen molar-refractivity contribution >= 4 is 17.5 Å². The summed E-state index contributed by atoms with van der Waals surface area (Å²) in [6.07, 6.45) is -0.375. The van der Waals surface area contributed by atoms with E-state index in [0.29, 0.717) is 12.1 Å². The number of nitriles is 1. The lowest BCUT2D eigenvalue weighted by Gasteiger charge is -2.43. The summed E-state index contributed by atoms with van der Waals surface area (Å²) < 4.78 is 5.52. The molecular formula is C16H21N3O2. The van der Waals surface area contributed by atoms with Gasteiger partial charge in [-0.3, -0.25) is 4.90 Å². The van der Waals surface area contributed by atoms with Gasteiger partial charge in [-0.2, -0.15) is 5.26 Å². The average Bonchev–Trinajstić information content (AvgIpc) is 2.35. The van der Waals surface area contributed by atoms with E-state index in [1.807, 2.05) is 34.6 Å². The molecule has 0 aliphatic carbocycles. The Morgan fingerprint density at radius 3 is 2.67 bits per heavy atom. The monoisotopic (exact) mass is 287 g/mol. The quantitative estimate of drug-likeness (QED) is 0.793. The van der Waals surface area contributed by atoms with Crippen molar-refractivity contribution in [3.05, 3.63) is 23.8 Å². The van der Waals surface area contributed by atoms with Crippen molar-refractivity contribution in [2.24, 2.45) is 0 Å². The van der Waals surface area contributed by atoms with Crippen molar-refractivity contribution in [1.29, 1.82) is 5.26 Å². The molecule has 1 heterocycles. The zero-order valence-electron chi connectivity index (χ0n) is 13.2. The van der Waals surface area contributed by atoms with Gasteiger partial charge in [0.2, 0.25) is 0 Å². The van der Waals surface area contributed by atoms with Gasteiger partial charge in [0.15, 0.2) is 0 Å². The number of fused-ring (bicyclic) bond motifs is 1. The van der Waals surface area contributed by atoms with Crippen molar-refractivity contribution in [3.63, 3.8) is 0 Å². The molecule has 5 nitrogen and oxygen atoms in total. The van der Waals surface area contributed by atoms with Gasteiger partial charge in [-0.05, 0) is 52.8 Å². The summed E-state index contributed by atoms with van der Waals surface area (Å²) in [7, 11) is 0. The SMILES string of the molecule is CC(C)(C)OC(=O)N1c2ccc(C#N)cc2NCC1(C)C. The minimum Gasteiger partial charge on any atom is -0.443 e. The van der Waals surface area contributed by atoms with E-state index in [0.717, 1.165) is 11.4 Å². The number of hydrogen-bond donors (Lipinski definition) is 1. The summed E-state index contributed by atoms with van der Waals surface area (Å²) >= 11 is 0. The first kappa shape index (κ1) is 15.2. The molecule has 0 atom stereocenters. The molecule has 0 bridgehead atoms. The van der Waals surface area contributed by atoms with Crippen molar-refractivity contribution < 1.29 is 9.53 Å². The maximum atomic E-state index is 12.6. The molecule has 112 valence electrons. The molecule has 0 saturated carbocycles. The molecule has 1 aliphatic heterocycles. The average molecular weight is 287 g/mol. The van der Waals surface area contributed by atoms with E-state index >= 15 is 0 Å². The summed E-state index contributed by atoms with van der Waals surface area (Å²) in [5, 5.41) is 12.3. The normalized spacial score (nSPS) is 16.5. The lowest BCUT2D eigenvalue weighted by molar-refractivity contribution is 0.0546. The third-order valence-electron chi connectivity index (χ3n) is 3.26. The predicted octanol–water partition coefficient (Wildman–Crippen LogP) is 3.50. The molecule has 1 amide bonds. The van der Waals surface area contributed by atoms with Crippen LogP contribution in [0.3, 0.4) is 0 Å². The first-order chi connectivity index (χ1) is 9.64. The van der Waals surface area contributed by atoms with Gasteiger partial charge in [-0.15, -0.1) is 0 Å². The second kappa shape index (κ2) is 4.96. The zero-order chi connectivity index (χ0) is 15.8. The van der Waals surface area contributed by atoms with Crippen molar-refractivity contribution in [2.75, 3.05) is 16.8 Å². The van der Waals surface area contributed by atoms with Gasteiger partial charge in [0.25, 0.3) is 0 Å². The Kier molecular flexibility index (Phi) is 3.58. The van der Waals surface area contributed by atoms with Crippen molar-refractivity contribution in [1.82, 2.24) is 0 Å². The summed E-state index contributed by atoms with van der Waals surface area (Å²) in [5.74, 6) is 0. The highest BCUT2D eigenvalue weighted by molar-refractivity contribution is 5.95. The van der Waals surface area contributed by atoms with Crippen LogP contribution in [0.15, 0.2) is 18.2 Å². The lowest BCUT2D eigenvalue weighted by atomic mass is 9.97. The number of amides is 1. The van der Waals surface area contributed by atoms with E-state index in [4.69, 9.17) is 10.00 Å². The molecule has 0 spiro atoms. The lowest BCUT2D eigenvalue weighted by Crippen LogP contribution is -2.56. The van der Waals surface area contributed by atoms with Crippen molar-refractivity contribution in [2.45, 2.75) is 45.8 Å². The molecule has 5 heteroatoms. The van der Waals surface area contributed by atoms with Crippen LogP contribution in [0.25, 0.3) is 0 Å². The largest absolute Gasteiger partial charge is 0.443 e. The number of carbonyl (C=O) groups is 1. The Labute approximate surface area is 125 Å². The molecule has 0 aromatic heterocycles. The van der Waals surface area contributed by atoms with Gasteiger partial charge in [-0.25, -0.2) is 4.79 Å². The van der Waals surface area contributed by atoms with Crippen LogP contribution in [-0.4, -0.2) is 23.8 Å². The van der Waals surface area contributed by atoms with Crippen LogP contribution in [0.1, 0.15) is 40.2 Å². The van der Waals surface area contributed by atoms with Gasteiger partial charge in [0, 0.05) is 6.54 Å². The maximum Gasteiger partial charge on any atom is 0.415 e. The zero-order valence-corrected chi connectivity index (χ0v) is 13.2. The first-order valence-corrected chi connectivity index (χ1v) is 6.95. The standard InChI is InChI=1S/C16H21N3O2/c1-15(2,3)21-14(20)19-13-7-6-11(9-17)8-12(13)18-10-16(19,4)5/h6-8,18H,10H2,1-5H3. The van der Waals surface area contributed by atoms with Gasteiger partial charge in [0.05, 0.1) is 28.5 Å². The highest BCUT2D eigenvalue weighted by Crippen LogP contribution is 2.37. The third kappa shape index (κ3) is 3.10. The Balaban J connectivity index is 2.44. The molecule has 0 fully saturated rings. The van der Waals surface area contributed by atoms with Crippen LogP contribution < -0.4 is 10.2 Å². The fraction of sp³-hybridized carbons (Fsp3) is 0.500. The molecule has 1 N–H and O–H groups in total. The van der Waals surface area contributed by atoms with Crippen LogP contribution >= 0.6 is 0 Å². The van der Waals surface area contributed by atoms with E-state index in [-0.39, 0.29) is 6.09 Å². The van der Waals surface area contributed by atoms with Gasteiger partial charge in [-0.1, -0.05) is 0 Å². The molecule has 0 radical (unpaired) electrons. The van der Waals surface area contributed by atoms with Crippen LogP contribution in [0, 0.1) is 11.3 Å². The van der Waals surface area contributed by atoms with Crippen molar-refractivity contribution in [3.8, 4) is 6.07 Å². The number of rotatable bonds is 0. The summed E-state index contributed by atoms with van der Waals surface area (Å²) in [4.78, 5) is 14.2. The molecular weight excluding hydrogens is 266 g/mol. The Morgan fingerprint density at radius 1 is 1.43 bits per heavy atom. The van der Waals surface area contributed by atoms with E-state index in [9.17, 15) is 4.79 Å².